The zero-order valence-corrected chi connectivity index (χ0v) is 14.3. The number of hydrogen-bond acceptors (Lipinski definition) is 4. The van der Waals surface area contributed by atoms with Crippen molar-refractivity contribution in [2.45, 2.75) is 32.7 Å². The number of likely N-dealkylation sites (tertiary alicyclic amines) is 1. The number of aromatic nitrogens is 2. The highest BCUT2D eigenvalue weighted by Crippen LogP contribution is 2.40. The lowest BCUT2D eigenvalue weighted by Crippen LogP contribution is -2.45. The van der Waals surface area contributed by atoms with Gasteiger partial charge in [0.1, 0.15) is 0 Å². The average Bonchev–Trinajstić information content (AvgIpc) is 3.07. The number of piperidine rings is 1. The molecule has 7 heteroatoms. The van der Waals surface area contributed by atoms with Gasteiger partial charge in [0.2, 0.25) is 10.0 Å². The largest absolute Gasteiger partial charge is 0.298 e. The molecule has 22 heavy (non-hydrogen) atoms. The summed E-state index contributed by atoms with van der Waals surface area (Å²) in [6, 6.07) is 0. The predicted molar refractivity (Wildman–Crippen MR) is 85.8 cm³/mol. The van der Waals surface area contributed by atoms with Gasteiger partial charge in [0.15, 0.2) is 0 Å². The molecule has 0 saturated carbocycles. The lowest BCUT2D eigenvalue weighted by Gasteiger charge is -2.40. The molecular weight excluding hydrogens is 300 g/mol. The van der Waals surface area contributed by atoms with Gasteiger partial charge in [0.25, 0.3) is 0 Å². The number of rotatable bonds is 4. The van der Waals surface area contributed by atoms with Crippen molar-refractivity contribution in [2.75, 3.05) is 31.9 Å². The Labute approximate surface area is 133 Å². The summed E-state index contributed by atoms with van der Waals surface area (Å²) >= 11 is 0. The first-order valence-corrected chi connectivity index (χ1v) is 9.71. The van der Waals surface area contributed by atoms with Crippen LogP contribution < -0.4 is 0 Å². The van der Waals surface area contributed by atoms with Gasteiger partial charge in [0.05, 0.1) is 11.9 Å². The van der Waals surface area contributed by atoms with E-state index in [0.717, 1.165) is 38.9 Å². The van der Waals surface area contributed by atoms with Crippen LogP contribution in [0.4, 0.5) is 0 Å². The summed E-state index contributed by atoms with van der Waals surface area (Å²) in [4.78, 5) is 2.46. The molecule has 0 aromatic carbocycles. The van der Waals surface area contributed by atoms with Gasteiger partial charge < -0.3 is 0 Å². The van der Waals surface area contributed by atoms with Crippen LogP contribution >= 0.6 is 0 Å². The quantitative estimate of drug-likeness (QED) is 0.830. The van der Waals surface area contributed by atoms with Crippen LogP contribution in [0.5, 0.6) is 0 Å². The molecule has 6 nitrogen and oxygen atoms in total. The van der Waals surface area contributed by atoms with E-state index in [0.29, 0.717) is 13.1 Å². The first kappa shape index (κ1) is 16.0. The molecule has 1 aromatic rings. The molecule has 2 fully saturated rings. The van der Waals surface area contributed by atoms with E-state index in [2.05, 4.69) is 16.2 Å². The SMILES string of the molecule is CCS(=O)(=O)N1CC[C@]2(CCCN(Cc3cnn(C)c3)C2)C1. The molecule has 3 rings (SSSR count). The van der Waals surface area contributed by atoms with Gasteiger partial charge in [-0.2, -0.15) is 5.10 Å². The minimum Gasteiger partial charge on any atom is -0.298 e. The predicted octanol–water partition coefficient (Wildman–Crippen LogP) is 1.06. The topological polar surface area (TPSA) is 58.4 Å². The monoisotopic (exact) mass is 326 g/mol. The molecule has 124 valence electrons. The van der Waals surface area contributed by atoms with E-state index >= 15 is 0 Å². The van der Waals surface area contributed by atoms with Gasteiger partial charge >= 0.3 is 0 Å². The molecule has 1 atom stereocenters. The standard InChI is InChI=1S/C15H26N4O2S/c1-3-22(20,21)19-8-6-15(13-19)5-4-7-18(12-15)11-14-9-16-17(2)10-14/h9-10H,3-8,11-13H2,1-2H3/t15-/m0/s1. The van der Waals surface area contributed by atoms with E-state index in [1.54, 1.807) is 11.2 Å². The van der Waals surface area contributed by atoms with Crippen LogP contribution in [-0.2, 0) is 23.6 Å². The van der Waals surface area contributed by atoms with Gasteiger partial charge in [-0.3, -0.25) is 9.58 Å². The number of aryl methyl sites for hydroxylation is 1. The van der Waals surface area contributed by atoms with Crippen molar-refractivity contribution >= 4 is 10.0 Å². The van der Waals surface area contributed by atoms with Crippen LogP contribution in [0.3, 0.4) is 0 Å². The average molecular weight is 326 g/mol. The summed E-state index contributed by atoms with van der Waals surface area (Å²) in [5.41, 5.74) is 1.39. The molecule has 0 radical (unpaired) electrons. The minimum atomic E-state index is -3.04. The van der Waals surface area contributed by atoms with E-state index in [-0.39, 0.29) is 11.2 Å². The maximum absolute atomic E-state index is 12.1. The number of hydrogen-bond donors (Lipinski definition) is 0. The van der Waals surface area contributed by atoms with Gasteiger partial charge in [-0.05, 0) is 38.1 Å². The normalized spacial score (nSPS) is 27.7. The zero-order chi connectivity index (χ0) is 15.8. The summed E-state index contributed by atoms with van der Waals surface area (Å²) < 4.78 is 27.8. The van der Waals surface area contributed by atoms with E-state index in [9.17, 15) is 8.42 Å². The van der Waals surface area contributed by atoms with Crippen molar-refractivity contribution < 1.29 is 8.42 Å². The molecule has 2 saturated heterocycles. The molecule has 2 aliphatic heterocycles. The molecule has 0 N–H and O–H groups in total. The molecule has 1 spiro atoms. The van der Waals surface area contributed by atoms with E-state index < -0.39 is 10.0 Å². The third-order valence-corrected chi connectivity index (χ3v) is 6.89. The Bertz CT molecular complexity index is 627. The lowest BCUT2D eigenvalue weighted by molar-refractivity contribution is 0.0935. The Balaban J connectivity index is 1.66. The second-order valence-corrected chi connectivity index (χ2v) is 9.08. The Kier molecular flexibility index (Phi) is 4.31. The molecule has 0 unspecified atom stereocenters. The summed E-state index contributed by atoms with van der Waals surface area (Å²) in [5.74, 6) is 0.211. The Morgan fingerprint density at radius 1 is 1.27 bits per heavy atom. The first-order valence-electron chi connectivity index (χ1n) is 8.10. The van der Waals surface area contributed by atoms with Gasteiger partial charge in [-0.25, -0.2) is 12.7 Å². The van der Waals surface area contributed by atoms with Crippen molar-refractivity contribution in [3.05, 3.63) is 18.0 Å². The molecule has 0 amide bonds. The Hall–Kier alpha value is -0.920. The van der Waals surface area contributed by atoms with Crippen molar-refractivity contribution in [3.63, 3.8) is 0 Å². The van der Waals surface area contributed by atoms with E-state index in [4.69, 9.17) is 0 Å². The van der Waals surface area contributed by atoms with Crippen LogP contribution in [0, 0.1) is 5.41 Å². The van der Waals surface area contributed by atoms with Crippen molar-refractivity contribution in [1.82, 2.24) is 19.0 Å². The van der Waals surface area contributed by atoms with Crippen molar-refractivity contribution in [2.24, 2.45) is 12.5 Å². The molecule has 0 bridgehead atoms. The molecule has 0 aliphatic carbocycles. The Morgan fingerprint density at radius 3 is 2.77 bits per heavy atom. The van der Waals surface area contributed by atoms with Crippen molar-refractivity contribution in [3.8, 4) is 0 Å². The highest BCUT2D eigenvalue weighted by atomic mass is 32.2. The van der Waals surface area contributed by atoms with Gasteiger partial charge in [-0.15, -0.1) is 0 Å². The van der Waals surface area contributed by atoms with Crippen LogP contribution in [0.25, 0.3) is 0 Å². The summed E-state index contributed by atoms with van der Waals surface area (Å²) in [5, 5.41) is 4.23. The third kappa shape index (κ3) is 3.21. The second kappa shape index (κ2) is 5.94. The molecule has 2 aliphatic rings. The first-order chi connectivity index (χ1) is 10.4. The van der Waals surface area contributed by atoms with Crippen LogP contribution in [0.15, 0.2) is 12.4 Å². The highest BCUT2D eigenvalue weighted by molar-refractivity contribution is 7.89. The van der Waals surface area contributed by atoms with Crippen LogP contribution in [-0.4, -0.2) is 59.3 Å². The molecule has 3 heterocycles. The van der Waals surface area contributed by atoms with Crippen LogP contribution in [0.2, 0.25) is 0 Å². The fourth-order valence-corrected chi connectivity index (χ4v) is 5.11. The smallest absolute Gasteiger partial charge is 0.213 e. The maximum atomic E-state index is 12.1. The fraction of sp³-hybridized carbons (Fsp3) is 0.800. The summed E-state index contributed by atoms with van der Waals surface area (Å²) in [6.07, 6.45) is 7.27. The van der Waals surface area contributed by atoms with E-state index in [1.165, 1.54) is 5.56 Å². The fourth-order valence-electron chi connectivity index (χ4n) is 3.90. The zero-order valence-electron chi connectivity index (χ0n) is 13.5. The third-order valence-electron chi connectivity index (χ3n) is 5.07. The lowest BCUT2D eigenvalue weighted by atomic mass is 9.79. The Morgan fingerprint density at radius 2 is 2.09 bits per heavy atom. The van der Waals surface area contributed by atoms with E-state index in [1.807, 2.05) is 17.9 Å². The van der Waals surface area contributed by atoms with Crippen LogP contribution in [0.1, 0.15) is 31.7 Å². The van der Waals surface area contributed by atoms with Gasteiger partial charge in [-0.1, -0.05) is 0 Å². The number of sulfonamides is 1. The van der Waals surface area contributed by atoms with Gasteiger partial charge in [0, 0.05) is 45.0 Å². The minimum absolute atomic E-state index is 0.155. The maximum Gasteiger partial charge on any atom is 0.213 e. The summed E-state index contributed by atoms with van der Waals surface area (Å²) in [7, 11) is -1.11. The second-order valence-electron chi connectivity index (χ2n) is 6.82. The van der Waals surface area contributed by atoms with Crippen molar-refractivity contribution in [1.29, 1.82) is 0 Å². The summed E-state index contributed by atoms with van der Waals surface area (Å²) in [6.45, 7) is 6.13. The molecular formula is C15H26N4O2S. The number of nitrogens with zero attached hydrogens (tertiary/aromatic N) is 4. The molecule has 1 aromatic heterocycles. The highest BCUT2D eigenvalue weighted by Gasteiger charge is 2.44.